The molecule has 2 aliphatic rings. The van der Waals surface area contributed by atoms with E-state index >= 15 is 0 Å². The van der Waals surface area contributed by atoms with Crippen molar-refractivity contribution in [1.29, 1.82) is 0 Å². The first kappa shape index (κ1) is 27.4. The Morgan fingerprint density at radius 2 is 1.89 bits per heavy atom. The number of ether oxygens (including phenoxy) is 2. The standard InChI is InChI=1S/C28H41ClN2O4/c1-3-35-24-16-15-22(19-25(24)34-2)27(28(33)30-23-13-9-4-5-10-14-23)31(26(32)20-29)18-17-21-11-7-6-8-12-21/h11,15-16,19,23,27H,3-10,12-14,17-18,20H2,1-2H3,(H,30,33)/t27-/m0/s1. The molecule has 2 aliphatic carbocycles. The average molecular weight is 505 g/mol. The van der Waals surface area contributed by atoms with E-state index in [2.05, 4.69) is 11.4 Å². The van der Waals surface area contributed by atoms with Gasteiger partial charge in [0.05, 0.1) is 13.7 Å². The molecular weight excluding hydrogens is 464 g/mol. The molecule has 0 aromatic heterocycles. The summed E-state index contributed by atoms with van der Waals surface area (Å²) < 4.78 is 11.2. The SMILES string of the molecule is CCOc1ccc([C@@H](C(=O)NC2CCCCCC2)N(CCC2=CCCCC2)C(=O)CCl)cc1OC. The summed E-state index contributed by atoms with van der Waals surface area (Å²) >= 11 is 6.06. The van der Waals surface area contributed by atoms with Crippen molar-refractivity contribution in [2.45, 2.75) is 89.6 Å². The summed E-state index contributed by atoms with van der Waals surface area (Å²) in [5.41, 5.74) is 2.06. The second-order valence-corrected chi connectivity index (χ2v) is 9.79. The van der Waals surface area contributed by atoms with Crippen molar-refractivity contribution >= 4 is 23.4 Å². The van der Waals surface area contributed by atoms with Gasteiger partial charge < -0.3 is 19.7 Å². The molecule has 1 aromatic carbocycles. The van der Waals surface area contributed by atoms with Crippen LogP contribution in [0.1, 0.15) is 89.2 Å². The van der Waals surface area contributed by atoms with E-state index in [0.717, 1.165) is 44.9 Å². The van der Waals surface area contributed by atoms with E-state index in [1.807, 2.05) is 25.1 Å². The minimum Gasteiger partial charge on any atom is -0.493 e. The molecule has 2 amide bonds. The molecule has 0 heterocycles. The van der Waals surface area contributed by atoms with E-state index in [-0.39, 0.29) is 23.7 Å². The van der Waals surface area contributed by atoms with Gasteiger partial charge in [-0.05, 0) is 69.6 Å². The smallest absolute Gasteiger partial charge is 0.247 e. The number of allylic oxidation sites excluding steroid dienone is 1. The predicted molar refractivity (Wildman–Crippen MR) is 140 cm³/mol. The van der Waals surface area contributed by atoms with Gasteiger partial charge in [-0.15, -0.1) is 11.6 Å². The molecule has 3 rings (SSSR count). The summed E-state index contributed by atoms with van der Waals surface area (Å²) in [6, 6.07) is 4.84. The Kier molecular flexibility index (Phi) is 11.2. The Hall–Kier alpha value is -2.21. The normalized spacial score (nSPS) is 17.6. The van der Waals surface area contributed by atoms with E-state index in [0.29, 0.717) is 30.2 Å². The first-order valence-corrected chi connectivity index (χ1v) is 13.7. The molecule has 1 aromatic rings. The van der Waals surface area contributed by atoms with E-state index in [4.69, 9.17) is 21.1 Å². The van der Waals surface area contributed by atoms with Crippen LogP contribution in [-0.4, -0.2) is 48.9 Å². The topological polar surface area (TPSA) is 67.9 Å². The number of rotatable bonds is 11. The molecule has 35 heavy (non-hydrogen) atoms. The Morgan fingerprint density at radius 1 is 1.11 bits per heavy atom. The number of hydrogen-bond acceptors (Lipinski definition) is 4. The number of hydrogen-bond donors (Lipinski definition) is 1. The summed E-state index contributed by atoms with van der Waals surface area (Å²) in [6.45, 7) is 2.88. The number of carbonyl (C=O) groups excluding carboxylic acids is 2. The highest BCUT2D eigenvalue weighted by atomic mass is 35.5. The number of benzene rings is 1. The largest absolute Gasteiger partial charge is 0.493 e. The Labute approximate surface area is 215 Å². The third kappa shape index (κ3) is 7.89. The van der Waals surface area contributed by atoms with Gasteiger partial charge in [0.15, 0.2) is 11.5 Å². The van der Waals surface area contributed by atoms with Gasteiger partial charge in [-0.1, -0.05) is 43.4 Å². The van der Waals surface area contributed by atoms with Crippen LogP contribution in [0.5, 0.6) is 11.5 Å². The van der Waals surface area contributed by atoms with Crippen LogP contribution in [0.15, 0.2) is 29.8 Å². The lowest BCUT2D eigenvalue weighted by Gasteiger charge is -2.33. The summed E-state index contributed by atoms with van der Waals surface area (Å²) in [5.74, 6) is 0.603. The first-order chi connectivity index (χ1) is 17.1. The monoisotopic (exact) mass is 504 g/mol. The van der Waals surface area contributed by atoms with Gasteiger partial charge in [0, 0.05) is 12.6 Å². The molecule has 0 bridgehead atoms. The zero-order valence-electron chi connectivity index (χ0n) is 21.3. The number of halogens is 1. The van der Waals surface area contributed by atoms with E-state index < -0.39 is 6.04 Å². The molecule has 1 N–H and O–H groups in total. The molecular formula is C28H41ClN2O4. The summed E-state index contributed by atoms with van der Waals surface area (Å²) in [6.07, 6.45) is 14.2. The van der Waals surface area contributed by atoms with Crippen molar-refractivity contribution in [1.82, 2.24) is 10.2 Å². The molecule has 1 atom stereocenters. The third-order valence-electron chi connectivity index (χ3n) is 7.06. The van der Waals surface area contributed by atoms with Gasteiger partial charge in [0.2, 0.25) is 11.8 Å². The fourth-order valence-corrected chi connectivity index (χ4v) is 5.33. The van der Waals surface area contributed by atoms with Crippen molar-refractivity contribution in [3.05, 3.63) is 35.4 Å². The predicted octanol–water partition coefficient (Wildman–Crippen LogP) is 5.93. The molecule has 6 nitrogen and oxygen atoms in total. The molecule has 0 unspecified atom stereocenters. The Morgan fingerprint density at radius 3 is 2.51 bits per heavy atom. The number of nitrogens with zero attached hydrogens (tertiary/aromatic N) is 1. The first-order valence-electron chi connectivity index (χ1n) is 13.2. The molecule has 194 valence electrons. The van der Waals surface area contributed by atoms with Crippen LogP contribution in [0, 0.1) is 0 Å². The lowest BCUT2D eigenvalue weighted by atomic mass is 9.96. The van der Waals surface area contributed by atoms with Crippen molar-refractivity contribution in [2.24, 2.45) is 0 Å². The van der Waals surface area contributed by atoms with Crippen molar-refractivity contribution in [2.75, 3.05) is 26.1 Å². The van der Waals surface area contributed by atoms with Crippen LogP contribution in [0.3, 0.4) is 0 Å². The summed E-state index contributed by atoms with van der Waals surface area (Å²) in [7, 11) is 1.58. The number of carbonyl (C=O) groups is 2. The van der Waals surface area contributed by atoms with Crippen molar-refractivity contribution in [3.8, 4) is 11.5 Å². The number of nitrogens with one attached hydrogen (secondary N) is 1. The van der Waals surface area contributed by atoms with Crippen molar-refractivity contribution < 1.29 is 19.1 Å². The minimum atomic E-state index is -0.779. The zero-order chi connectivity index (χ0) is 25.0. The molecule has 7 heteroatoms. The highest BCUT2D eigenvalue weighted by molar-refractivity contribution is 6.27. The molecule has 1 saturated carbocycles. The zero-order valence-corrected chi connectivity index (χ0v) is 22.1. The summed E-state index contributed by atoms with van der Waals surface area (Å²) in [4.78, 5) is 28.6. The second kappa shape index (κ2) is 14.4. The van der Waals surface area contributed by atoms with Gasteiger partial charge in [0.25, 0.3) is 0 Å². The number of amides is 2. The van der Waals surface area contributed by atoms with E-state index in [1.165, 1.54) is 31.3 Å². The minimum absolute atomic E-state index is 0.131. The van der Waals surface area contributed by atoms with Gasteiger partial charge in [-0.25, -0.2) is 0 Å². The van der Waals surface area contributed by atoms with Gasteiger partial charge in [-0.2, -0.15) is 0 Å². The highest BCUT2D eigenvalue weighted by Crippen LogP contribution is 2.34. The van der Waals surface area contributed by atoms with E-state index in [9.17, 15) is 9.59 Å². The van der Waals surface area contributed by atoms with Gasteiger partial charge in [-0.3, -0.25) is 9.59 Å². The second-order valence-electron chi connectivity index (χ2n) is 9.52. The van der Waals surface area contributed by atoms with Crippen LogP contribution in [0.4, 0.5) is 0 Å². The lowest BCUT2D eigenvalue weighted by molar-refractivity contribution is -0.139. The maximum absolute atomic E-state index is 13.8. The third-order valence-corrected chi connectivity index (χ3v) is 7.29. The quantitative estimate of drug-likeness (QED) is 0.230. The van der Waals surface area contributed by atoms with Gasteiger partial charge in [0.1, 0.15) is 11.9 Å². The van der Waals surface area contributed by atoms with Crippen LogP contribution < -0.4 is 14.8 Å². The molecule has 0 aliphatic heterocycles. The molecule has 1 fully saturated rings. The van der Waals surface area contributed by atoms with Crippen LogP contribution in [0.2, 0.25) is 0 Å². The van der Waals surface area contributed by atoms with Crippen LogP contribution in [-0.2, 0) is 9.59 Å². The average Bonchev–Trinajstić information content (AvgIpc) is 3.15. The lowest BCUT2D eigenvalue weighted by Crippen LogP contribution is -2.47. The van der Waals surface area contributed by atoms with Crippen molar-refractivity contribution in [3.63, 3.8) is 0 Å². The molecule has 0 radical (unpaired) electrons. The van der Waals surface area contributed by atoms with Gasteiger partial charge >= 0.3 is 0 Å². The fourth-order valence-electron chi connectivity index (χ4n) is 5.18. The number of methoxy groups -OCH3 is 1. The molecule has 0 saturated heterocycles. The number of alkyl halides is 1. The van der Waals surface area contributed by atoms with Crippen LogP contribution >= 0.6 is 11.6 Å². The Balaban J connectivity index is 1.92. The molecule has 0 spiro atoms. The van der Waals surface area contributed by atoms with E-state index in [1.54, 1.807) is 12.0 Å². The fraction of sp³-hybridized carbons (Fsp3) is 0.643. The maximum Gasteiger partial charge on any atom is 0.247 e. The van der Waals surface area contributed by atoms with Crippen LogP contribution in [0.25, 0.3) is 0 Å². The maximum atomic E-state index is 13.8. The highest BCUT2D eigenvalue weighted by Gasteiger charge is 2.33. The Bertz CT molecular complexity index is 865. The summed E-state index contributed by atoms with van der Waals surface area (Å²) in [5, 5.41) is 3.27.